The maximum absolute atomic E-state index is 6.92. The van der Waals surface area contributed by atoms with Crippen LogP contribution in [-0.2, 0) is 0 Å². The molecule has 10 aromatic carbocycles. The highest BCUT2D eigenvalue weighted by molar-refractivity contribution is 6.31. The molecule has 262 valence electrons. The van der Waals surface area contributed by atoms with E-state index >= 15 is 0 Å². The highest BCUT2D eigenvalue weighted by atomic mass is 16.3. The van der Waals surface area contributed by atoms with Crippen LogP contribution < -0.4 is 4.90 Å². The molecule has 56 heavy (non-hydrogen) atoms. The lowest BCUT2D eigenvalue weighted by atomic mass is 9.93. The lowest BCUT2D eigenvalue weighted by Gasteiger charge is -2.28. The Balaban J connectivity index is 1.37. The second-order valence-corrected chi connectivity index (χ2v) is 14.4. The van der Waals surface area contributed by atoms with Crippen LogP contribution in [0, 0.1) is 0 Å². The van der Waals surface area contributed by atoms with Gasteiger partial charge in [-0.1, -0.05) is 170 Å². The molecule has 0 atom stereocenters. The number of hydrogen-bond donors (Lipinski definition) is 0. The minimum atomic E-state index is 0.887. The predicted molar refractivity (Wildman–Crippen MR) is 239 cm³/mol. The number of nitrogens with zero attached hydrogens (tertiary/aromatic N) is 1. The molecular formula is C54H35NO. The third-order valence-electron chi connectivity index (χ3n) is 11.3. The van der Waals surface area contributed by atoms with E-state index in [2.05, 4.69) is 217 Å². The van der Waals surface area contributed by atoms with Gasteiger partial charge in [-0.05, 0) is 96.5 Å². The largest absolute Gasteiger partial charge is 0.455 e. The Bertz CT molecular complexity index is 3360. The lowest BCUT2D eigenvalue weighted by Crippen LogP contribution is -2.11. The second-order valence-electron chi connectivity index (χ2n) is 14.4. The van der Waals surface area contributed by atoms with Gasteiger partial charge in [0, 0.05) is 33.1 Å². The van der Waals surface area contributed by atoms with Gasteiger partial charge < -0.3 is 9.32 Å². The van der Waals surface area contributed by atoms with E-state index in [0.29, 0.717) is 0 Å². The minimum Gasteiger partial charge on any atom is -0.455 e. The van der Waals surface area contributed by atoms with Crippen LogP contribution in [0.3, 0.4) is 0 Å². The van der Waals surface area contributed by atoms with Crippen LogP contribution in [0.2, 0.25) is 0 Å². The number of para-hydroxylation sites is 3. The first-order valence-electron chi connectivity index (χ1n) is 19.2. The third-order valence-corrected chi connectivity index (χ3v) is 11.3. The fourth-order valence-corrected chi connectivity index (χ4v) is 8.79. The van der Waals surface area contributed by atoms with Crippen LogP contribution in [0.25, 0.3) is 86.9 Å². The van der Waals surface area contributed by atoms with Gasteiger partial charge in [-0.3, -0.25) is 0 Å². The summed E-state index contributed by atoms with van der Waals surface area (Å²) in [6, 6.07) is 76.6. The molecule has 0 spiro atoms. The molecule has 11 aromatic rings. The van der Waals surface area contributed by atoms with Gasteiger partial charge in [0.05, 0.1) is 5.69 Å². The van der Waals surface area contributed by atoms with Crippen molar-refractivity contribution in [1.82, 2.24) is 0 Å². The van der Waals surface area contributed by atoms with E-state index in [4.69, 9.17) is 4.42 Å². The SMILES string of the molecule is c1ccc(-c2ccccc2N(c2ccccc2)c2ccc3c4ccccc4c4ccccc4c4ccccc4c4c(ccc5c6ccccc6oc54)c3c2)cc1. The van der Waals surface area contributed by atoms with E-state index in [-0.39, 0.29) is 0 Å². The summed E-state index contributed by atoms with van der Waals surface area (Å²) in [4.78, 5) is 2.40. The zero-order chi connectivity index (χ0) is 37.0. The number of rotatable bonds is 4. The van der Waals surface area contributed by atoms with Crippen molar-refractivity contribution in [3.8, 4) is 11.1 Å². The molecule has 0 saturated carbocycles. The van der Waals surface area contributed by atoms with Crippen LogP contribution in [0.4, 0.5) is 17.1 Å². The van der Waals surface area contributed by atoms with Gasteiger partial charge in [-0.25, -0.2) is 0 Å². The van der Waals surface area contributed by atoms with Crippen LogP contribution in [-0.4, -0.2) is 0 Å². The third kappa shape index (κ3) is 5.11. The standard InChI is InChI=1S/C54H35NO/c1-3-17-36(18-4-1)39-21-13-15-29-51(39)55(37-19-5-2-6-20-37)38-31-32-45-43-25-10-8-23-41(43)40-22-7-9-24-42(40)44-26-11-12-28-47(44)53-48(50(45)35-38)33-34-49-46-27-14-16-30-52(46)56-54(49)53/h1-35H. The molecule has 0 amide bonds. The summed E-state index contributed by atoms with van der Waals surface area (Å²) in [7, 11) is 0. The quantitative estimate of drug-likeness (QED) is 0.181. The first-order valence-corrected chi connectivity index (χ1v) is 19.2. The monoisotopic (exact) mass is 713 g/mol. The number of anilines is 3. The van der Waals surface area contributed by atoms with Gasteiger partial charge in [0.1, 0.15) is 11.2 Å². The highest BCUT2D eigenvalue weighted by Crippen LogP contribution is 2.45. The molecule has 0 aliphatic rings. The number of furan rings is 1. The smallest absolute Gasteiger partial charge is 0.143 e. The van der Waals surface area contributed by atoms with Crippen molar-refractivity contribution in [3.05, 3.63) is 212 Å². The first-order chi connectivity index (χ1) is 27.8. The van der Waals surface area contributed by atoms with Crippen molar-refractivity contribution in [2.75, 3.05) is 4.90 Å². The Kier molecular flexibility index (Phi) is 7.53. The molecule has 0 bridgehead atoms. The highest BCUT2D eigenvalue weighted by Gasteiger charge is 2.19. The Labute approximate surface area is 324 Å². The molecule has 2 nitrogen and oxygen atoms in total. The normalized spacial score (nSPS) is 11.6. The van der Waals surface area contributed by atoms with Crippen LogP contribution in [0.15, 0.2) is 217 Å². The molecule has 0 radical (unpaired) electrons. The van der Waals surface area contributed by atoms with Crippen molar-refractivity contribution in [3.63, 3.8) is 0 Å². The van der Waals surface area contributed by atoms with E-state index < -0.39 is 0 Å². The summed E-state index contributed by atoms with van der Waals surface area (Å²) in [5, 5.41) is 13.9. The molecular weight excluding hydrogens is 679 g/mol. The van der Waals surface area contributed by atoms with Gasteiger partial charge in [0.25, 0.3) is 0 Å². The van der Waals surface area contributed by atoms with Gasteiger partial charge in [-0.2, -0.15) is 0 Å². The van der Waals surface area contributed by atoms with Crippen molar-refractivity contribution in [2.24, 2.45) is 0 Å². The van der Waals surface area contributed by atoms with Gasteiger partial charge in [0.2, 0.25) is 0 Å². The summed E-state index contributed by atoms with van der Waals surface area (Å²) in [6.07, 6.45) is 0. The minimum absolute atomic E-state index is 0.887. The van der Waals surface area contributed by atoms with Gasteiger partial charge >= 0.3 is 0 Å². The summed E-state index contributed by atoms with van der Waals surface area (Å²) >= 11 is 0. The number of hydrogen-bond acceptors (Lipinski definition) is 2. The summed E-state index contributed by atoms with van der Waals surface area (Å²) in [5.74, 6) is 0. The average Bonchev–Trinajstić information content (AvgIpc) is 3.66. The molecule has 0 aliphatic heterocycles. The Morgan fingerprint density at radius 2 is 0.768 bits per heavy atom. The van der Waals surface area contributed by atoms with Crippen LogP contribution in [0.5, 0.6) is 0 Å². The van der Waals surface area contributed by atoms with Crippen LogP contribution in [0.1, 0.15) is 0 Å². The molecule has 0 fully saturated rings. The van der Waals surface area contributed by atoms with Crippen molar-refractivity contribution >= 4 is 92.9 Å². The zero-order valence-electron chi connectivity index (χ0n) is 30.6. The molecule has 0 saturated heterocycles. The lowest BCUT2D eigenvalue weighted by molar-refractivity contribution is 0.673. The zero-order valence-corrected chi connectivity index (χ0v) is 30.6. The molecule has 2 heteroatoms. The van der Waals surface area contributed by atoms with Crippen LogP contribution >= 0.6 is 0 Å². The molecule has 0 N–H and O–H groups in total. The fraction of sp³-hybridized carbons (Fsp3) is 0. The van der Waals surface area contributed by atoms with E-state index in [1.54, 1.807) is 0 Å². The molecule has 0 unspecified atom stereocenters. The summed E-state index contributed by atoms with van der Waals surface area (Å²) < 4.78 is 6.92. The van der Waals surface area contributed by atoms with Gasteiger partial charge in [0.15, 0.2) is 0 Å². The summed E-state index contributed by atoms with van der Waals surface area (Å²) in [5.41, 5.74) is 7.38. The maximum Gasteiger partial charge on any atom is 0.143 e. The molecule has 1 heterocycles. The van der Waals surface area contributed by atoms with Crippen molar-refractivity contribution < 1.29 is 4.42 Å². The summed E-state index contributed by atoms with van der Waals surface area (Å²) in [6.45, 7) is 0. The number of fused-ring (bicyclic) bond motifs is 14. The first kappa shape index (κ1) is 32.0. The maximum atomic E-state index is 6.92. The fourth-order valence-electron chi connectivity index (χ4n) is 8.79. The molecule has 11 rings (SSSR count). The predicted octanol–water partition coefficient (Wildman–Crippen LogP) is 15.6. The van der Waals surface area contributed by atoms with E-state index in [1.165, 1.54) is 37.9 Å². The Hall–Kier alpha value is -7.42. The van der Waals surface area contributed by atoms with E-state index in [0.717, 1.165) is 66.1 Å². The van der Waals surface area contributed by atoms with Gasteiger partial charge in [-0.15, -0.1) is 0 Å². The molecule has 0 aliphatic carbocycles. The van der Waals surface area contributed by atoms with Crippen molar-refractivity contribution in [2.45, 2.75) is 0 Å². The Morgan fingerprint density at radius 3 is 1.45 bits per heavy atom. The van der Waals surface area contributed by atoms with E-state index in [9.17, 15) is 0 Å². The van der Waals surface area contributed by atoms with Crippen molar-refractivity contribution in [1.29, 1.82) is 0 Å². The molecule has 1 aromatic heterocycles. The number of benzene rings is 9. The average molecular weight is 714 g/mol. The second kappa shape index (κ2) is 13.2. The van der Waals surface area contributed by atoms with E-state index in [1.807, 2.05) is 0 Å². The topological polar surface area (TPSA) is 16.4 Å². The Morgan fingerprint density at radius 1 is 0.304 bits per heavy atom.